The van der Waals surface area contributed by atoms with Gasteiger partial charge in [-0.1, -0.05) is 6.07 Å². The van der Waals surface area contributed by atoms with Gasteiger partial charge in [-0.3, -0.25) is 0 Å². The van der Waals surface area contributed by atoms with Crippen LogP contribution in [0.3, 0.4) is 0 Å². The first-order valence-electron chi connectivity index (χ1n) is 5.30. The number of halogens is 1. The van der Waals surface area contributed by atoms with Crippen LogP contribution in [0.1, 0.15) is 36.7 Å². The fraction of sp³-hybridized carbons (Fsp3) is 0.385. The maximum atomic E-state index is 13.7. The summed E-state index contributed by atoms with van der Waals surface area (Å²) in [6, 6.07) is 6.20. The summed E-state index contributed by atoms with van der Waals surface area (Å²) in [5.74, 6) is -1.35. The second-order valence-electron chi connectivity index (χ2n) is 4.15. The Hall–Kier alpha value is -1.89. The molecule has 0 N–H and O–H groups in total. The van der Waals surface area contributed by atoms with Gasteiger partial charge in [-0.2, -0.15) is 5.26 Å². The number of benzene rings is 1. The molecule has 0 fully saturated rings. The van der Waals surface area contributed by atoms with Crippen molar-refractivity contribution < 1.29 is 13.9 Å². The third-order valence-corrected chi connectivity index (χ3v) is 2.47. The molecule has 0 bridgehead atoms. The number of nitrogens with zero attached hydrogens (tertiary/aromatic N) is 1. The Bertz CT molecular complexity index is 475. The number of nitriles is 1. The Balaban J connectivity index is 3.11. The first kappa shape index (κ1) is 13.2. The average Bonchev–Trinajstić information content (AvgIpc) is 2.29. The lowest BCUT2D eigenvalue weighted by Gasteiger charge is -2.16. The lowest BCUT2D eigenvalue weighted by atomic mass is 9.86. The highest BCUT2D eigenvalue weighted by Crippen LogP contribution is 2.24. The van der Waals surface area contributed by atoms with Gasteiger partial charge in [0.2, 0.25) is 0 Å². The predicted molar refractivity (Wildman–Crippen MR) is 61.0 cm³/mol. The molecule has 17 heavy (non-hydrogen) atoms. The van der Waals surface area contributed by atoms with Crippen LogP contribution >= 0.6 is 0 Å². The Morgan fingerprint density at radius 2 is 2.18 bits per heavy atom. The van der Waals surface area contributed by atoms with Gasteiger partial charge < -0.3 is 4.74 Å². The lowest BCUT2D eigenvalue weighted by Crippen LogP contribution is -2.15. The van der Waals surface area contributed by atoms with E-state index in [1.54, 1.807) is 26.8 Å². The molecule has 0 aliphatic rings. The summed E-state index contributed by atoms with van der Waals surface area (Å²) in [6.07, 6.45) is 0. The molecule has 1 aromatic carbocycles. The molecule has 1 aromatic rings. The Labute approximate surface area is 99.8 Å². The maximum Gasteiger partial charge on any atom is 0.341 e. The molecule has 90 valence electrons. The molecule has 0 spiro atoms. The van der Waals surface area contributed by atoms with E-state index in [9.17, 15) is 9.18 Å². The van der Waals surface area contributed by atoms with Crippen molar-refractivity contribution in [2.75, 3.05) is 6.61 Å². The van der Waals surface area contributed by atoms with E-state index in [0.717, 1.165) is 0 Å². The number of hydrogen-bond acceptors (Lipinski definition) is 3. The smallest absolute Gasteiger partial charge is 0.341 e. The Kier molecular flexibility index (Phi) is 3.84. The molecule has 0 radical (unpaired) electrons. The van der Waals surface area contributed by atoms with Crippen LogP contribution in [0.5, 0.6) is 0 Å². The fourth-order valence-corrected chi connectivity index (χ4v) is 1.34. The molecular weight excluding hydrogens is 221 g/mol. The van der Waals surface area contributed by atoms with Crippen molar-refractivity contribution >= 4 is 5.97 Å². The monoisotopic (exact) mass is 235 g/mol. The zero-order valence-corrected chi connectivity index (χ0v) is 10.1. The van der Waals surface area contributed by atoms with Crippen molar-refractivity contribution in [3.05, 3.63) is 35.1 Å². The van der Waals surface area contributed by atoms with Gasteiger partial charge >= 0.3 is 5.97 Å². The summed E-state index contributed by atoms with van der Waals surface area (Å²) >= 11 is 0. The van der Waals surface area contributed by atoms with Gasteiger partial charge in [-0.15, -0.1) is 0 Å². The third kappa shape index (κ3) is 2.82. The number of carbonyl (C=O) groups excluding carboxylic acids is 1. The summed E-state index contributed by atoms with van der Waals surface area (Å²) in [6.45, 7) is 5.23. The van der Waals surface area contributed by atoms with E-state index in [1.807, 2.05) is 0 Å². The molecule has 0 saturated heterocycles. The Morgan fingerprint density at radius 3 is 2.65 bits per heavy atom. The summed E-state index contributed by atoms with van der Waals surface area (Å²) < 4.78 is 18.4. The largest absolute Gasteiger partial charge is 0.462 e. The number of carbonyl (C=O) groups is 1. The first-order valence-corrected chi connectivity index (χ1v) is 5.30. The molecule has 0 atom stereocenters. The fourth-order valence-electron chi connectivity index (χ4n) is 1.34. The van der Waals surface area contributed by atoms with Gasteiger partial charge in [0, 0.05) is 0 Å². The number of rotatable bonds is 3. The minimum atomic E-state index is -0.784. The predicted octanol–water partition coefficient (Wildman–Crippen LogP) is 2.80. The normalized spacial score (nSPS) is 10.8. The molecule has 0 aliphatic heterocycles. The second-order valence-corrected chi connectivity index (χ2v) is 4.15. The minimum absolute atomic E-state index is 0.107. The number of hydrogen-bond donors (Lipinski definition) is 0. The number of esters is 1. The van der Waals surface area contributed by atoms with E-state index in [1.165, 1.54) is 12.1 Å². The van der Waals surface area contributed by atoms with Crippen LogP contribution in [-0.4, -0.2) is 12.6 Å². The summed E-state index contributed by atoms with van der Waals surface area (Å²) in [5, 5.41) is 8.94. The third-order valence-electron chi connectivity index (χ3n) is 2.47. The quantitative estimate of drug-likeness (QED) is 0.757. The van der Waals surface area contributed by atoms with Gasteiger partial charge in [0.05, 0.1) is 23.7 Å². The zero-order valence-electron chi connectivity index (χ0n) is 10.1. The molecule has 1 rings (SSSR count). The lowest BCUT2D eigenvalue weighted by molar-refractivity contribution is 0.0521. The molecule has 0 saturated carbocycles. The van der Waals surface area contributed by atoms with Crippen molar-refractivity contribution in [2.45, 2.75) is 26.2 Å². The maximum absolute atomic E-state index is 13.7. The van der Waals surface area contributed by atoms with Gasteiger partial charge in [0.1, 0.15) is 5.82 Å². The van der Waals surface area contributed by atoms with E-state index >= 15 is 0 Å². The molecular formula is C13H14FNO2. The second kappa shape index (κ2) is 4.96. The molecule has 0 aliphatic carbocycles. The molecule has 0 aromatic heterocycles. The van der Waals surface area contributed by atoms with Crippen LogP contribution in [0, 0.1) is 17.1 Å². The molecule has 4 heteroatoms. The summed E-state index contributed by atoms with van der Waals surface area (Å²) in [5.41, 5.74) is -0.358. The van der Waals surface area contributed by atoms with Crippen molar-refractivity contribution in [2.24, 2.45) is 0 Å². The van der Waals surface area contributed by atoms with Crippen LogP contribution in [-0.2, 0) is 10.2 Å². The standard InChI is InChI=1S/C13H14FNO2/c1-4-17-12(16)10-6-5-9(7-11(10)14)13(2,3)8-15/h5-7H,4H2,1-3H3. The highest BCUT2D eigenvalue weighted by molar-refractivity contribution is 5.89. The Morgan fingerprint density at radius 1 is 1.53 bits per heavy atom. The summed E-state index contributed by atoms with van der Waals surface area (Å²) in [4.78, 5) is 11.4. The molecule has 0 unspecified atom stereocenters. The van der Waals surface area contributed by atoms with E-state index in [4.69, 9.17) is 10.00 Å². The summed E-state index contributed by atoms with van der Waals surface area (Å²) in [7, 11) is 0. The first-order chi connectivity index (χ1) is 7.92. The SMILES string of the molecule is CCOC(=O)c1ccc(C(C)(C)C#N)cc1F. The van der Waals surface area contributed by atoms with Crippen molar-refractivity contribution in [1.29, 1.82) is 5.26 Å². The van der Waals surface area contributed by atoms with Crippen molar-refractivity contribution in [3.8, 4) is 6.07 Å². The van der Waals surface area contributed by atoms with Gasteiger partial charge in [0.15, 0.2) is 0 Å². The van der Waals surface area contributed by atoms with Gasteiger partial charge in [0.25, 0.3) is 0 Å². The van der Waals surface area contributed by atoms with Crippen LogP contribution in [0.15, 0.2) is 18.2 Å². The highest BCUT2D eigenvalue weighted by Gasteiger charge is 2.22. The molecule has 0 amide bonds. The van der Waals surface area contributed by atoms with Crippen LogP contribution in [0.25, 0.3) is 0 Å². The molecule has 0 heterocycles. The zero-order chi connectivity index (χ0) is 13.1. The number of ether oxygens (including phenoxy) is 1. The van der Waals surface area contributed by atoms with E-state index in [2.05, 4.69) is 6.07 Å². The van der Waals surface area contributed by atoms with E-state index in [0.29, 0.717) is 5.56 Å². The van der Waals surface area contributed by atoms with Gasteiger partial charge in [-0.05, 0) is 38.5 Å². The van der Waals surface area contributed by atoms with E-state index < -0.39 is 17.2 Å². The van der Waals surface area contributed by atoms with Crippen molar-refractivity contribution in [3.63, 3.8) is 0 Å². The van der Waals surface area contributed by atoms with Gasteiger partial charge in [-0.25, -0.2) is 9.18 Å². The average molecular weight is 235 g/mol. The van der Waals surface area contributed by atoms with Crippen LogP contribution in [0.2, 0.25) is 0 Å². The highest BCUT2D eigenvalue weighted by atomic mass is 19.1. The van der Waals surface area contributed by atoms with E-state index in [-0.39, 0.29) is 12.2 Å². The van der Waals surface area contributed by atoms with Crippen molar-refractivity contribution in [1.82, 2.24) is 0 Å². The minimum Gasteiger partial charge on any atom is -0.462 e. The topological polar surface area (TPSA) is 50.1 Å². The van der Waals surface area contributed by atoms with Crippen LogP contribution in [0.4, 0.5) is 4.39 Å². The molecule has 3 nitrogen and oxygen atoms in total. The van der Waals surface area contributed by atoms with Crippen LogP contribution < -0.4 is 0 Å².